The summed E-state index contributed by atoms with van der Waals surface area (Å²) in [6.45, 7) is 1.76. The zero-order valence-corrected chi connectivity index (χ0v) is 16.6. The third-order valence-corrected chi connectivity index (χ3v) is 5.54. The SMILES string of the molecule is O=C(NCC1OCCc2cn(Cc3ccccc3)nc21)c1cccc2ccccc12. The summed E-state index contributed by atoms with van der Waals surface area (Å²) in [5.74, 6) is -0.0914. The van der Waals surface area contributed by atoms with Gasteiger partial charge in [0.1, 0.15) is 6.10 Å². The van der Waals surface area contributed by atoms with Crippen LogP contribution >= 0.6 is 0 Å². The minimum absolute atomic E-state index is 0.0914. The van der Waals surface area contributed by atoms with Crippen LogP contribution in [-0.2, 0) is 17.7 Å². The Bertz CT molecular complexity index is 1180. The average molecular weight is 397 g/mol. The Morgan fingerprint density at radius 1 is 1.03 bits per heavy atom. The maximum Gasteiger partial charge on any atom is 0.252 e. The van der Waals surface area contributed by atoms with Gasteiger partial charge in [-0.05, 0) is 34.4 Å². The Balaban J connectivity index is 1.31. The van der Waals surface area contributed by atoms with Gasteiger partial charge in [-0.15, -0.1) is 0 Å². The summed E-state index contributed by atoms with van der Waals surface area (Å²) in [5, 5.41) is 9.83. The molecular weight excluding hydrogens is 374 g/mol. The smallest absolute Gasteiger partial charge is 0.252 e. The molecule has 0 fully saturated rings. The molecule has 0 radical (unpaired) electrons. The number of amides is 1. The Labute approximate surface area is 175 Å². The number of benzene rings is 3. The molecule has 5 nitrogen and oxygen atoms in total. The molecule has 0 saturated heterocycles. The van der Waals surface area contributed by atoms with Crippen LogP contribution in [0.15, 0.2) is 79.0 Å². The molecule has 1 unspecified atom stereocenters. The highest BCUT2D eigenvalue weighted by Crippen LogP contribution is 2.26. The number of aromatic nitrogens is 2. The molecular formula is C25H23N3O2. The van der Waals surface area contributed by atoms with E-state index in [1.165, 1.54) is 11.1 Å². The van der Waals surface area contributed by atoms with Gasteiger partial charge in [0, 0.05) is 18.3 Å². The van der Waals surface area contributed by atoms with Crippen LogP contribution in [0.4, 0.5) is 0 Å². The fourth-order valence-corrected chi connectivity index (χ4v) is 4.04. The van der Waals surface area contributed by atoms with Crippen molar-refractivity contribution in [2.45, 2.75) is 19.1 Å². The largest absolute Gasteiger partial charge is 0.370 e. The molecule has 5 rings (SSSR count). The summed E-state index contributed by atoms with van der Waals surface area (Å²) >= 11 is 0. The van der Waals surface area contributed by atoms with Gasteiger partial charge in [0.2, 0.25) is 0 Å². The van der Waals surface area contributed by atoms with Gasteiger partial charge in [0.05, 0.1) is 18.8 Å². The third kappa shape index (κ3) is 3.72. The van der Waals surface area contributed by atoms with E-state index in [-0.39, 0.29) is 12.0 Å². The van der Waals surface area contributed by atoms with Crippen LogP contribution < -0.4 is 5.32 Å². The van der Waals surface area contributed by atoms with Crippen molar-refractivity contribution < 1.29 is 9.53 Å². The topological polar surface area (TPSA) is 56.1 Å². The van der Waals surface area contributed by atoms with Crippen LogP contribution in [0.2, 0.25) is 0 Å². The number of fused-ring (bicyclic) bond motifs is 2. The lowest BCUT2D eigenvalue weighted by atomic mass is 10.0. The predicted octanol–water partition coefficient (Wildman–Crippen LogP) is 4.13. The lowest BCUT2D eigenvalue weighted by molar-refractivity contribution is 0.0383. The number of ether oxygens (including phenoxy) is 1. The molecule has 30 heavy (non-hydrogen) atoms. The van der Waals surface area contributed by atoms with E-state index in [1.54, 1.807) is 0 Å². The van der Waals surface area contributed by atoms with E-state index in [2.05, 4.69) is 23.6 Å². The van der Waals surface area contributed by atoms with Crippen LogP contribution in [0.3, 0.4) is 0 Å². The van der Waals surface area contributed by atoms with Crippen LogP contribution in [0.25, 0.3) is 10.8 Å². The molecule has 2 heterocycles. The summed E-state index contributed by atoms with van der Waals surface area (Å²) in [7, 11) is 0. The molecule has 0 saturated carbocycles. The lowest BCUT2D eigenvalue weighted by Gasteiger charge is -2.22. The summed E-state index contributed by atoms with van der Waals surface area (Å²) in [5.41, 5.74) is 4.01. The molecule has 1 aliphatic rings. The average Bonchev–Trinajstić information content (AvgIpc) is 3.20. The van der Waals surface area contributed by atoms with Gasteiger partial charge in [-0.1, -0.05) is 66.7 Å². The highest BCUT2D eigenvalue weighted by Gasteiger charge is 2.25. The van der Waals surface area contributed by atoms with Gasteiger partial charge in [-0.3, -0.25) is 9.48 Å². The van der Waals surface area contributed by atoms with Gasteiger partial charge >= 0.3 is 0 Å². The normalized spacial score (nSPS) is 15.7. The van der Waals surface area contributed by atoms with E-state index in [9.17, 15) is 4.79 Å². The Morgan fingerprint density at radius 3 is 2.73 bits per heavy atom. The molecule has 1 amide bonds. The first-order chi connectivity index (χ1) is 14.8. The molecule has 150 valence electrons. The number of carbonyl (C=O) groups is 1. The molecule has 1 N–H and O–H groups in total. The van der Waals surface area contributed by atoms with E-state index in [4.69, 9.17) is 9.84 Å². The van der Waals surface area contributed by atoms with E-state index >= 15 is 0 Å². The third-order valence-electron chi connectivity index (χ3n) is 5.54. The highest BCUT2D eigenvalue weighted by atomic mass is 16.5. The lowest BCUT2D eigenvalue weighted by Crippen LogP contribution is -2.32. The molecule has 4 aromatic rings. The van der Waals surface area contributed by atoms with Crippen LogP contribution in [0.1, 0.15) is 33.3 Å². The summed E-state index contributed by atoms with van der Waals surface area (Å²) in [6.07, 6.45) is 2.71. The van der Waals surface area contributed by atoms with Crippen LogP contribution in [0.5, 0.6) is 0 Å². The zero-order chi connectivity index (χ0) is 20.3. The number of rotatable bonds is 5. The predicted molar refractivity (Wildman–Crippen MR) is 116 cm³/mol. The molecule has 0 bridgehead atoms. The Kier molecular flexibility index (Phi) is 5.03. The molecule has 1 atom stereocenters. The summed E-state index contributed by atoms with van der Waals surface area (Å²) < 4.78 is 7.92. The number of hydrogen-bond donors (Lipinski definition) is 1. The quantitative estimate of drug-likeness (QED) is 0.551. The molecule has 0 aliphatic carbocycles. The monoisotopic (exact) mass is 397 g/mol. The van der Waals surface area contributed by atoms with E-state index in [0.29, 0.717) is 18.7 Å². The van der Waals surface area contributed by atoms with E-state index < -0.39 is 0 Å². The zero-order valence-electron chi connectivity index (χ0n) is 16.6. The van der Waals surface area contributed by atoms with E-state index in [0.717, 1.165) is 29.4 Å². The molecule has 1 aromatic heterocycles. The molecule has 0 spiro atoms. The second kappa shape index (κ2) is 8.13. The minimum Gasteiger partial charge on any atom is -0.370 e. The maximum atomic E-state index is 12.9. The number of hydrogen-bond acceptors (Lipinski definition) is 3. The van der Waals surface area contributed by atoms with E-state index in [1.807, 2.05) is 65.3 Å². The number of carbonyl (C=O) groups excluding carboxylic acids is 1. The van der Waals surface area contributed by atoms with Crippen LogP contribution in [-0.4, -0.2) is 28.8 Å². The van der Waals surface area contributed by atoms with Crippen LogP contribution in [0, 0.1) is 0 Å². The van der Waals surface area contributed by atoms with Gasteiger partial charge in [0.15, 0.2) is 0 Å². The van der Waals surface area contributed by atoms with Crippen molar-refractivity contribution in [2.24, 2.45) is 0 Å². The van der Waals surface area contributed by atoms with Crippen molar-refractivity contribution in [2.75, 3.05) is 13.2 Å². The van der Waals surface area contributed by atoms with Gasteiger partial charge in [-0.2, -0.15) is 5.10 Å². The second-order valence-electron chi connectivity index (χ2n) is 7.57. The number of nitrogens with one attached hydrogen (secondary N) is 1. The summed E-state index contributed by atoms with van der Waals surface area (Å²) in [4.78, 5) is 12.9. The van der Waals surface area contributed by atoms with Crippen molar-refractivity contribution in [1.82, 2.24) is 15.1 Å². The van der Waals surface area contributed by atoms with Gasteiger partial charge in [0.25, 0.3) is 5.91 Å². The maximum absolute atomic E-state index is 12.9. The van der Waals surface area contributed by atoms with Crippen molar-refractivity contribution in [3.8, 4) is 0 Å². The second-order valence-corrected chi connectivity index (χ2v) is 7.57. The molecule has 5 heteroatoms. The number of nitrogens with zero attached hydrogens (tertiary/aromatic N) is 2. The first-order valence-corrected chi connectivity index (χ1v) is 10.3. The molecule has 1 aliphatic heterocycles. The van der Waals surface area contributed by atoms with Gasteiger partial charge < -0.3 is 10.1 Å². The van der Waals surface area contributed by atoms with Crippen molar-refractivity contribution in [1.29, 1.82) is 0 Å². The van der Waals surface area contributed by atoms with Crippen molar-refractivity contribution in [3.05, 3.63) is 101 Å². The minimum atomic E-state index is -0.232. The highest BCUT2D eigenvalue weighted by molar-refractivity contribution is 6.07. The molecule has 3 aromatic carbocycles. The first-order valence-electron chi connectivity index (χ1n) is 10.3. The van der Waals surface area contributed by atoms with Crippen molar-refractivity contribution >= 4 is 16.7 Å². The fourth-order valence-electron chi connectivity index (χ4n) is 4.04. The first kappa shape index (κ1) is 18.6. The Hall–Kier alpha value is -3.44. The fraction of sp³-hybridized carbons (Fsp3) is 0.200. The van der Waals surface area contributed by atoms with Crippen molar-refractivity contribution in [3.63, 3.8) is 0 Å². The summed E-state index contributed by atoms with van der Waals surface area (Å²) in [6, 6.07) is 24.0. The standard InChI is InChI=1S/C25H23N3O2/c29-25(22-12-6-10-19-9-4-5-11-21(19)22)26-15-23-24-20(13-14-30-23)17-28(27-24)16-18-7-2-1-3-8-18/h1-12,17,23H,13-16H2,(H,26,29). The Morgan fingerprint density at radius 2 is 1.83 bits per heavy atom. The van der Waals surface area contributed by atoms with Gasteiger partial charge in [-0.25, -0.2) is 0 Å².